The summed E-state index contributed by atoms with van der Waals surface area (Å²) >= 11 is 0. The van der Waals surface area contributed by atoms with E-state index in [9.17, 15) is 0 Å². The minimum absolute atomic E-state index is 0. The number of aliphatic hydroxyl groups excluding tert-OH is 4. The normalized spacial score (nSPS) is 8.74. The zero-order valence-corrected chi connectivity index (χ0v) is 25.8. The maximum absolute atomic E-state index is 8.42. The van der Waals surface area contributed by atoms with Crippen LogP contribution < -0.4 is 0 Å². The maximum Gasteiger partial charge on any atom is 0.0483 e. The minimum atomic E-state index is -0.167. The summed E-state index contributed by atoms with van der Waals surface area (Å²) in [6, 6.07) is 0. The fourth-order valence-electron chi connectivity index (χ4n) is 2.68. The molecule has 0 radical (unpaired) electrons. The van der Waals surface area contributed by atoms with Gasteiger partial charge in [-0.1, -0.05) is 117 Å². The van der Waals surface area contributed by atoms with Crippen molar-refractivity contribution in [1.29, 1.82) is 0 Å². The van der Waals surface area contributed by atoms with Crippen molar-refractivity contribution in [3.05, 3.63) is 0 Å². The van der Waals surface area contributed by atoms with Crippen LogP contribution in [0.2, 0.25) is 0 Å². The molecule has 0 aromatic carbocycles. The summed E-state index contributed by atoms with van der Waals surface area (Å²) in [5.74, 6) is 0. The van der Waals surface area contributed by atoms with Crippen LogP contribution in [0.25, 0.3) is 0 Å². The average Bonchev–Trinajstić information content (AvgIpc) is 2.74. The molecule has 0 bridgehead atoms. The van der Waals surface area contributed by atoms with Crippen LogP contribution in [0, 0.1) is 0 Å². The van der Waals surface area contributed by atoms with Gasteiger partial charge in [0.1, 0.15) is 0 Å². The summed E-state index contributed by atoms with van der Waals surface area (Å²) in [7, 11) is 0. The first-order valence-corrected chi connectivity index (χ1v) is 13.5. The van der Waals surface area contributed by atoms with Crippen molar-refractivity contribution in [3.63, 3.8) is 0 Å². The molecule has 35 heavy (non-hydrogen) atoms. The van der Waals surface area contributed by atoms with Crippen LogP contribution in [-0.2, 0) is 21.7 Å². The van der Waals surface area contributed by atoms with Crippen LogP contribution in [0.5, 0.6) is 0 Å². The first kappa shape index (κ1) is 55.8. The Morgan fingerprint density at radius 2 is 0.543 bits per heavy atom. The average molecular weight is 553 g/mol. The van der Waals surface area contributed by atoms with E-state index in [0.29, 0.717) is 19.8 Å². The number of aliphatic hydroxyl groups is 4. The van der Waals surface area contributed by atoms with E-state index >= 15 is 0 Å². The largest absolute Gasteiger partial charge is 0.412 e. The molecule has 0 aromatic rings. The van der Waals surface area contributed by atoms with E-state index in [-0.39, 0.29) is 44.3 Å². The first-order valence-electron chi connectivity index (χ1n) is 13.5. The Morgan fingerprint density at radius 3 is 0.686 bits per heavy atom. The Labute approximate surface area is 234 Å². The third-order valence-electron chi connectivity index (χ3n) is 4.54. The molecule has 0 saturated heterocycles. The third kappa shape index (κ3) is 107. The second kappa shape index (κ2) is 64.5. The molecule has 7 nitrogen and oxygen atoms in total. The molecular formula is C27H68O7Ti. The number of hydrogen-bond donors (Lipinski definition) is 4. The molecular weight excluding hydrogens is 484 g/mol. The van der Waals surface area contributed by atoms with Crippen molar-refractivity contribution in [3.8, 4) is 0 Å². The van der Waals surface area contributed by atoms with Gasteiger partial charge in [0.2, 0.25) is 0 Å². The van der Waals surface area contributed by atoms with E-state index in [1.807, 2.05) is 0 Å². The maximum atomic E-state index is 8.42. The molecule has 0 unspecified atom stereocenters. The Balaban J connectivity index is -0.0000000459. The Kier molecular flexibility index (Phi) is 103. The van der Waals surface area contributed by atoms with Crippen molar-refractivity contribution < 1.29 is 58.6 Å². The van der Waals surface area contributed by atoms with Crippen molar-refractivity contribution in [2.75, 3.05) is 19.8 Å². The molecule has 0 fully saturated rings. The zero-order chi connectivity index (χ0) is 24.4. The predicted octanol–water partition coefficient (Wildman–Crippen LogP) is 4.93. The molecule has 222 valence electrons. The summed E-state index contributed by atoms with van der Waals surface area (Å²) in [4.78, 5) is 0. The number of rotatable bonds is 18. The SMILES string of the molecule is CC(C)O.CCCCCCCCO.CCCCCCCCO.CCCCCCCCO.O.O.O.[Ti]. The molecule has 0 aliphatic carbocycles. The molecule has 0 rings (SSSR count). The fourth-order valence-corrected chi connectivity index (χ4v) is 2.68. The van der Waals surface area contributed by atoms with Gasteiger partial charge in [0.05, 0.1) is 0 Å². The molecule has 0 aliphatic rings. The van der Waals surface area contributed by atoms with Gasteiger partial charge in [-0.2, -0.15) is 0 Å². The molecule has 0 aliphatic heterocycles. The van der Waals surface area contributed by atoms with Crippen molar-refractivity contribution in [2.45, 2.75) is 156 Å². The van der Waals surface area contributed by atoms with Gasteiger partial charge in [-0.15, -0.1) is 0 Å². The van der Waals surface area contributed by atoms with Crippen LogP contribution in [-0.4, -0.2) is 62.8 Å². The Morgan fingerprint density at radius 1 is 0.400 bits per heavy atom. The van der Waals surface area contributed by atoms with Gasteiger partial charge in [0.15, 0.2) is 0 Å². The van der Waals surface area contributed by atoms with Gasteiger partial charge in [0.25, 0.3) is 0 Å². The smallest absolute Gasteiger partial charge is 0.0483 e. The van der Waals surface area contributed by atoms with Crippen LogP contribution in [0.4, 0.5) is 0 Å². The van der Waals surface area contributed by atoms with Gasteiger partial charge >= 0.3 is 0 Å². The molecule has 0 aromatic heterocycles. The molecule has 8 heteroatoms. The Bertz CT molecular complexity index is 196. The summed E-state index contributed by atoms with van der Waals surface area (Å²) < 4.78 is 0. The van der Waals surface area contributed by atoms with E-state index in [0.717, 1.165) is 19.3 Å². The fraction of sp³-hybridized carbons (Fsp3) is 1.00. The van der Waals surface area contributed by atoms with E-state index in [2.05, 4.69) is 20.8 Å². The minimum Gasteiger partial charge on any atom is -0.412 e. The van der Waals surface area contributed by atoms with Gasteiger partial charge in [-0.3, -0.25) is 0 Å². The van der Waals surface area contributed by atoms with E-state index in [4.69, 9.17) is 20.4 Å². The molecule has 0 saturated carbocycles. The van der Waals surface area contributed by atoms with E-state index in [1.54, 1.807) is 13.8 Å². The molecule has 0 heterocycles. The number of unbranched alkanes of at least 4 members (excludes halogenated alkanes) is 15. The van der Waals surface area contributed by atoms with Crippen molar-refractivity contribution >= 4 is 0 Å². The predicted molar refractivity (Wildman–Crippen MR) is 150 cm³/mol. The van der Waals surface area contributed by atoms with E-state index in [1.165, 1.54) is 96.3 Å². The second-order valence-corrected chi connectivity index (χ2v) is 8.57. The van der Waals surface area contributed by atoms with Gasteiger partial charge in [-0.25, -0.2) is 0 Å². The molecule has 0 spiro atoms. The van der Waals surface area contributed by atoms with E-state index < -0.39 is 0 Å². The molecule has 10 N–H and O–H groups in total. The number of hydrogen-bond acceptors (Lipinski definition) is 4. The van der Waals surface area contributed by atoms with Gasteiger partial charge < -0.3 is 36.9 Å². The summed E-state index contributed by atoms with van der Waals surface area (Å²) in [5, 5.41) is 33.3. The Hall–Kier alpha value is 0.434. The summed E-state index contributed by atoms with van der Waals surface area (Å²) in [6.07, 6.45) is 22.3. The standard InChI is InChI=1S/3C8H18O.C3H8O.3H2O.Ti/c3*1-2-3-4-5-6-7-8-9;1-3(2)4;;;;/h3*9H,2-8H2,1H3;3-4H,1-2H3;3*1H2;. The van der Waals surface area contributed by atoms with Crippen molar-refractivity contribution in [1.82, 2.24) is 0 Å². The van der Waals surface area contributed by atoms with Crippen molar-refractivity contribution in [2.24, 2.45) is 0 Å². The van der Waals surface area contributed by atoms with Crippen LogP contribution in [0.1, 0.15) is 150 Å². The summed E-state index contributed by atoms with van der Waals surface area (Å²) in [6.45, 7) is 11.2. The zero-order valence-electron chi connectivity index (χ0n) is 24.2. The van der Waals surface area contributed by atoms with Crippen LogP contribution >= 0.6 is 0 Å². The summed E-state index contributed by atoms with van der Waals surface area (Å²) in [5.41, 5.74) is 0. The quantitative estimate of drug-likeness (QED) is 0.139. The first-order chi connectivity index (χ1) is 15.0. The monoisotopic (exact) mass is 552 g/mol. The van der Waals surface area contributed by atoms with Gasteiger partial charge in [0, 0.05) is 47.6 Å². The van der Waals surface area contributed by atoms with Gasteiger partial charge in [-0.05, 0) is 33.1 Å². The molecule has 0 atom stereocenters. The second-order valence-electron chi connectivity index (χ2n) is 8.57. The van der Waals surface area contributed by atoms with Crippen LogP contribution in [0.15, 0.2) is 0 Å². The topological polar surface area (TPSA) is 175 Å². The van der Waals surface area contributed by atoms with Crippen LogP contribution in [0.3, 0.4) is 0 Å². The molecule has 0 amide bonds. The third-order valence-corrected chi connectivity index (χ3v) is 4.54.